The molecule has 0 amide bonds. The monoisotopic (exact) mass is 374 g/mol. The molecule has 2 aromatic carbocycles. The van der Waals surface area contributed by atoms with Crippen LogP contribution in [0.4, 0.5) is 0 Å². The number of sulfone groups is 1. The van der Waals surface area contributed by atoms with Crippen LogP contribution in [-0.4, -0.2) is 14.7 Å². The highest BCUT2D eigenvalue weighted by molar-refractivity contribution is 9.08. The van der Waals surface area contributed by atoms with Gasteiger partial charge in [-0.15, -0.1) is 0 Å². The molecule has 3 nitrogen and oxygen atoms in total. The largest absolute Gasteiger partial charge is 0.457 e. The summed E-state index contributed by atoms with van der Waals surface area (Å²) in [6.45, 7) is 0. The number of halogens is 2. The van der Waals surface area contributed by atoms with Crippen molar-refractivity contribution < 1.29 is 13.2 Å². The first-order valence-corrected chi connectivity index (χ1v) is 9.12. The van der Waals surface area contributed by atoms with Crippen LogP contribution in [0, 0.1) is 0 Å². The fourth-order valence-electron chi connectivity index (χ4n) is 1.66. The summed E-state index contributed by atoms with van der Waals surface area (Å²) in [6.07, 6.45) is 1.16. The maximum absolute atomic E-state index is 11.5. The molecule has 0 aromatic heterocycles. The third-order valence-corrected chi connectivity index (χ3v) is 4.70. The fourth-order valence-corrected chi connectivity index (χ4v) is 3.29. The van der Waals surface area contributed by atoms with E-state index in [1.807, 2.05) is 0 Å². The smallest absolute Gasteiger partial charge is 0.175 e. The quantitative estimate of drug-likeness (QED) is 0.742. The molecule has 0 saturated heterocycles. The maximum atomic E-state index is 11.5. The first-order valence-electron chi connectivity index (χ1n) is 5.73. The molecule has 106 valence electrons. The third-order valence-electron chi connectivity index (χ3n) is 2.67. The van der Waals surface area contributed by atoms with Gasteiger partial charge in [0.2, 0.25) is 0 Å². The zero-order valence-corrected chi connectivity index (χ0v) is 13.8. The van der Waals surface area contributed by atoms with Crippen LogP contribution in [0.3, 0.4) is 0 Å². The van der Waals surface area contributed by atoms with Gasteiger partial charge in [0.25, 0.3) is 0 Å². The molecule has 0 heterocycles. The molecule has 0 fully saturated rings. The lowest BCUT2D eigenvalue weighted by atomic mass is 10.2. The van der Waals surface area contributed by atoms with Gasteiger partial charge in [-0.2, -0.15) is 0 Å². The Hall–Kier alpha value is -1.04. The summed E-state index contributed by atoms with van der Waals surface area (Å²) in [7, 11) is -3.26. The van der Waals surface area contributed by atoms with E-state index < -0.39 is 9.84 Å². The molecule has 20 heavy (non-hydrogen) atoms. The van der Waals surface area contributed by atoms with Gasteiger partial charge >= 0.3 is 0 Å². The zero-order chi connectivity index (χ0) is 14.8. The van der Waals surface area contributed by atoms with E-state index in [0.717, 1.165) is 11.8 Å². The molecule has 0 aliphatic carbocycles. The minimum atomic E-state index is -3.26. The van der Waals surface area contributed by atoms with E-state index in [2.05, 4.69) is 15.9 Å². The van der Waals surface area contributed by atoms with Crippen molar-refractivity contribution in [3.8, 4) is 11.5 Å². The Labute approximate surface area is 131 Å². The second kappa shape index (κ2) is 6.16. The van der Waals surface area contributed by atoms with Crippen molar-refractivity contribution in [2.75, 3.05) is 6.26 Å². The van der Waals surface area contributed by atoms with Gasteiger partial charge in [0, 0.05) is 22.2 Å². The number of rotatable bonds is 4. The van der Waals surface area contributed by atoms with Crippen LogP contribution >= 0.6 is 27.5 Å². The van der Waals surface area contributed by atoms with Crippen LogP contribution in [0.2, 0.25) is 5.02 Å². The minimum Gasteiger partial charge on any atom is -0.457 e. The van der Waals surface area contributed by atoms with Gasteiger partial charge in [-0.3, -0.25) is 0 Å². The Kier molecular flexibility index (Phi) is 4.73. The highest BCUT2D eigenvalue weighted by Gasteiger charge is 2.11. The molecule has 0 unspecified atom stereocenters. The molecule has 0 bridgehead atoms. The predicted octanol–water partition coefficient (Wildman–Crippen LogP) is 4.43. The van der Waals surface area contributed by atoms with Gasteiger partial charge in [-0.05, 0) is 30.3 Å². The maximum Gasteiger partial charge on any atom is 0.175 e. The number of hydrogen-bond acceptors (Lipinski definition) is 3. The van der Waals surface area contributed by atoms with E-state index >= 15 is 0 Å². The molecule has 0 aliphatic heterocycles. The summed E-state index contributed by atoms with van der Waals surface area (Å²) in [4.78, 5) is 0.220. The molecule has 0 N–H and O–H groups in total. The standard InChI is InChI=1S/C14H12BrClO3S/c1-20(17,18)11-5-2-4-10(8-11)19-14-7-3-6-13(16)12(14)9-15/h2-8H,9H2,1H3. The van der Waals surface area contributed by atoms with Gasteiger partial charge in [0.15, 0.2) is 9.84 Å². The molecule has 0 radical (unpaired) electrons. The second-order valence-corrected chi connectivity index (χ2v) is 7.18. The molecular weight excluding hydrogens is 364 g/mol. The highest BCUT2D eigenvalue weighted by atomic mass is 79.9. The molecule has 0 saturated carbocycles. The van der Waals surface area contributed by atoms with Crippen LogP contribution in [0.25, 0.3) is 0 Å². The Bertz CT molecular complexity index is 729. The van der Waals surface area contributed by atoms with E-state index in [0.29, 0.717) is 21.9 Å². The number of ether oxygens (including phenoxy) is 1. The average molecular weight is 376 g/mol. The highest BCUT2D eigenvalue weighted by Crippen LogP contribution is 2.32. The molecule has 2 rings (SSSR count). The van der Waals surface area contributed by atoms with E-state index in [9.17, 15) is 8.42 Å². The fraction of sp³-hybridized carbons (Fsp3) is 0.143. The van der Waals surface area contributed by atoms with Crippen molar-refractivity contribution in [3.63, 3.8) is 0 Å². The molecular formula is C14H12BrClO3S. The lowest BCUT2D eigenvalue weighted by molar-refractivity contribution is 0.477. The summed E-state index contributed by atoms with van der Waals surface area (Å²) < 4.78 is 28.8. The van der Waals surface area contributed by atoms with Gasteiger partial charge < -0.3 is 4.74 Å². The number of hydrogen-bond donors (Lipinski definition) is 0. The van der Waals surface area contributed by atoms with Gasteiger partial charge in [0.1, 0.15) is 11.5 Å². The summed E-state index contributed by atoms with van der Waals surface area (Å²) in [5.41, 5.74) is 0.818. The van der Waals surface area contributed by atoms with Crippen molar-refractivity contribution in [2.45, 2.75) is 10.2 Å². The minimum absolute atomic E-state index is 0.220. The van der Waals surface area contributed by atoms with Crippen molar-refractivity contribution in [3.05, 3.63) is 53.1 Å². The lowest BCUT2D eigenvalue weighted by Gasteiger charge is -2.11. The number of alkyl halides is 1. The zero-order valence-electron chi connectivity index (χ0n) is 10.6. The van der Waals surface area contributed by atoms with Crippen molar-refractivity contribution in [1.29, 1.82) is 0 Å². The first kappa shape index (κ1) is 15.4. The van der Waals surface area contributed by atoms with Gasteiger partial charge in [0.05, 0.1) is 4.90 Å². The molecule has 2 aromatic rings. The summed E-state index contributed by atoms with van der Waals surface area (Å²) in [6, 6.07) is 11.7. The first-order chi connectivity index (χ1) is 9.41. The van der Waals surface area contributed by atoms with E-state index in [4.69, 9.17) is 16.3 Å². The van der Waals surface area contributed by atoms with Crippen LogP contribution in [0.1, 0.15) is 5.56 Å². The molecule has 0 aliphatic rings. The Morgan fingerprint density at radius 3 is 2.55 bits per heavy atom. The van der Waals surface area contributed by atoms with Crippen LogP contribution in [0.5, 0.6) is 11.5 Å². The molecule has 0 spiro atoms. The van der Waals surface area contributed by atoms with E-state index in [-0.39, 0.29) is 4.90 Å². The second-order valence-electron chi connectivity index (χ2n) is 4.20. The summed E-state index contributed by atoms with van der Waals surface area (Å²) in [5.74, 6) is 1.05. The van der Waals surface area contributed by atoms with Crippen molar-refractivity contribution in [1.82, 2.24) is 0 Å². The van der Waals surface area contributed by atoms with Crippen LogP contribution < -0.4 is 4.74 Å². The van der Waals surface area contributed by atoms with E-state index in [1.165, 1.54) is 12.1 Å². The normalized spacial score (nSPS) is 11.3. The Balaban J connectivity index is 2.38. The topological polar surface area (TPSA) is 43.4 Å². The third kappa shape index (κ3) is 3.53. The molecule has 0 atom stereocenters. The Morgan fingerprint density at radius 1 is 1.20 bits per heavy atom. The lowest BCUT2D eigenvalue weighted by Crippen LogP contribution is -1.97. The SMILES string of the molecule is CS(=O)(=O)c1cccc(Oc2cccc(Cl)c2CBr)c1. The van der Waals surface area contributed by atoms with Crippen molar-refractivity contribution in [2.24, 2.45) is 0 Å². The molecule has 6 heteroatoms. The summed E-state index contributed by atoms with van der Waals surface area (Å²) in [5, 5.41) is 1.15. The van der Waals surface area contributed by atoms with E-state index in [1.54, 1.807) is 30.3 Å². The van der Waals surface area contributed by atoms with Gasteiger partial charge in [-0.1, -0.05) is 39.7 Å². The Morgan fingerprint density at radius 2 is 1.90 bits per heavy atom. The van der Waals surface area contributed by atoms with Gasteiger partial charge in [-0.25, -0.2) is 8.42 Å². The summed E-state index contributed by atoms with van der Waals surface area (Å²) >= 11 is 9.45. The van der Waals surface area contributed by atoms with Crippen LogP contribution in [-0.2, 0) is 15.2 Å². The average Bonchev–Trinajstić information content (AvgIpc) is 2.38. The predicted molar refractivity (Wildman–Crippen MR) is 83.7 cm³/mol. The number of benzene rings is 2. The van der Waals surface area contributed by atoms with Crippen LogP contribution in [0.15, 0.2) is 47.4 Å². The van der Waals surface area contributed by atoms with Crippen molar-refractivity contribution >= 4 is 37.4 Å².